The van der Waals surface area contributed by atoms with Crippen LogP contribution in [0.5, 0.6) is 0 Å². The smallest absolute Gasteiger partial charge is 0.307 e. The van der Waals surface area contributed by atoms with Gasteiger partial charge in [0.25, 0.3) is 0 Å². The number of nitrogens with zero attached hydrogens (tertiary/aromatic N) is 1. The van der Waals surface area contributed by atoms with E-state index in [4.69, 9.17) is 0 Å². The van der Waals surface area contributed by atoms with Crippen LogP contribution in [0.25, 0.3) is 0 Å². The second-order valence-electron chi connectivity index (χ2n) is 7.32. The predicted octanol–water partition coefficient (Wildman–Crippen LogP) is 3.93. The molecule has 0 bridgehead atoms. The van der Waals surface area contributed by atoms with Crippen LogP contribution in [0.3, 0.4) is 0 Å². The summed E-state index contributed by atoms with van der Waals surface area (Å²) >= 11 is 1.03. The normalized spacial score (nSPS) is 13.7. The van der Waals surface area contributed by atoms with Crippen LogP contribution in [-0.4, -0.2) is 32.8 Å². The number of aliphatic carboxylic acids is 1. The molecule has 0 radical (unpaired) electrons. The lowest BCUT2D eigenvalue weighted by Gasteiger charge is -2.24. The lowest BCUT2D eigenvalue weighted by atomic mass is 9.84. The van der Waals surface area contributed by atoms with Crippen molar-refractivity contribution in [2.45, 2.75) is 53.4 Å². The van der Waals surface area contributed by atoms with E-state index >= 15 is 0 Å². The Morgan fingerprint density at radius 1 is 1.27 bits per heavy atom. The number of carboxylic acids is 1. The average molecular weight is 381 g/mol. The molecule has 0 aromatic carbocycles. The van der Waals surface area contributed by atoms with E-state index in [1.807, 2.05) is 27.7 Å². The van der Waals surface area contributed by atoms with E-state index in [9.17, 15) is 19.5 Å². The van der Waals surface area contributed by atoms with Crippen molar-refractivity contribution in [3.05, 3.63) is 23.9 Å². The van der Waals surface area contributed by atoms with E-state index in [-0.39, 0.29) is 22.7 Å². The number of carbonyl (C=O) groups excluding carboxylic acids is 2. The molecular formula is C19H28N2O4S. The van der Waals surface area contributed by atoms with Crippen LogP contribution in [0.4, 0.5) is 5.82 Å². The fraction of sp³-hybridized carbons (Fsp3) is 0.579. The molecule has 6 nitrogen and oxygen atoms in total. The van der Waals surface area contributed by atoms with Crippen LogP contribution in [0.15, 0.2) is 18.3 Å². The van der Waals surface area contributed by atoms with Crippen LogP contribution in [0, 0.1) is 11.3 Å². The molecule has 0 spiro atoms. The van der Waals surface area contributed by atoms with Gasteiger partial charge in [-0.2, -0.15) is 0 Å². The number of nitrogens with one attached hydrogen (secondary N) is 1. The minimum absolute atomic E-state index is 0.0927. The Bertz CT molecular complexity index is 638. The number of aromatic nitrogens is 1. The van der Waals surface area contributed by atoms with E-state index in [1.165, 1.54) is 6.92 Å². The number of hydrogen-bond acceptors (Lipinski definition) is 5. The minimum atomic E-state index is -0.915. The fourth-order valence-corrected chi connectivity index (χ4v) is 3.27. The Morgan fingerprint density at radius 2 is 1.92 bits per heavy atom. The summed E-state index contributed by atoms with van der Waals surface area (Å²) in [6, 6.07) is 3.50. The second-order valence-corrected chi connectivity index (χ2v) is 8.52. The van der Waals surface area contributed by atoms with Gasteiger partial charge in [-0.1, -0.05) is 51.9 Å². The monoisotopic (exact) mass is 380 g/mol. The summed E-state index contributed by atoms with van der Waals surface area (Å²) in [5, 5.41) is 12.3. The van der Waals surface area contributed by atoms with Crippen molar-refractivity contribution in [3.8, 4) is 0 Å². The lowest BCUT2D eigenvalue weighted by molar-refractivity contribution is -0.141. The first-order valence-electron chi connectivity index (χ1n) is 8.69. The lowest BCUT2D eigenvalue weighted by Crippen LogP contribution is -2.28. The molecule has 1 heterocycles. The van der Waals surface area contributed by atoms with Crippen LogP contribution in [-0.2, 0) is 14.4 Å². The highest BCUT2D eigenvalue weighted by Gasteiger charge is 2.30. The topological polar surface area (TPSA) is 96.4 Å². The van der Waals surface area contributed by atoms with Gasteiger partial charge in [0.2, 0.25) is 5.91 Å². The molecule has 0 saturated carbocycles. The number of pyridine rings is 1. The largest absolute Gasteiger partial charge is 0.481 e. The van der Waals surface area contributed by atoms with Gasteiger partial charge in [-0.05, 0) is 24.0 Å². The zero-order chi connectivity index (χ0) is 19.9. The molecule has 1 amide bonds. The number of thioether (sulfide) groups is 1. The first-order chi connectivity index (χ1) is 12.1. The summed E-state index contributed by atoms with van der Waals surface area (Å²) in [5.74, 6) is -1.28. The molecule has 1 rings (SSSR count). The quantitative estimate of drug-likeness (QED) is 0.709. The number of anilines is 1. The highest BCUT2D eigenvalue weighted by atomic mass is 32.2. The minimum Gasteiger partial charge on any atom is -0.481 e. The van der Waals surface area contributed by atoms with Gasteiger partial charge in [-0.3, -0.25) is 14.4 Å². The molecule has 0 aliphatic heterocycles. The molecule has 7 heteroatoms. The Kier molecular flexibility index (Phi) is 8.27. The molecule has 1 aromatic rings. The summed E-state index contributed by atoms with van der Waals surface area (Å²) in [6.45, 7) is 8.89. The van der Waals surface area contributed by atoms with Gasteiger partial charge in [-0.15, -0.1) is 0 Å². The zero-order valence-corrected chi connectivity index (χ0v) is 16.9. The van der Waals surface area contributed by atoms with E-state index in [0.29, 0.717) is 12.2 Å². The summed E-state index contributed by atoms with van der Waals surface area (Å²) in [7, 11) is 0. The van der Waals surface area contributed by atoms with Gasteiger partial charge in [-0.25, -0.2) is 4.98 Å². The molecule has 0 saturated heterocycles. The van der Waals surface area contributed by atoms with E-state index < -0.39 is 17.3 Å². The summed E-state index contributed by atoms with van der Waals surface area (Å²) in [6.07, 6.45) is 3.12. The molecule has 0 fully saturated rings. The third-order valence-electron chi connectivity index (χ3n) is 4.01. The van der Waals surface area contributed by atoms with Crippen molar-refractivity contribution >= 4 is 34.6 Å². The van der Waals surface area contributed by atoms with Crippen LogP contribution in [0.2, 0.25) is 0 Å². The van der Waals surface area contributed by atoms with Crippen molar-refractivity contribution in [1.82, 2.24) is 4.98 Å². The van der Waals surface area contributed by atoms with Gasteiger partial charge < -0.3 is 10.4 Å². The van der Waals surface area contributed by atoms with E-state index in [1.54, 1.807) is 18.3 Å². The summed E-state index contributed by atoms with van der Waals surface area (Å²) < 4.78 is 0. The maximum atomic E-state index is 12.0. The maximum Gasteiger partial charge on any atom is 0.307 e. The van der Waals surface area contributed by atoms with Gasteiger partial charge in [0.1, 0.15) is 5.82 Å². The third kappa shape index (κ3) is 6.78. The first kappa shape index (κ1) is 22.2. The molecule has 2 N–H and O–H groups in total. The summed E-state index contributed by atoms with van der Waals surface area (Å²) in [5.41, 5.74) is 0.279. The number of rotatable bonds is 8. The zero-order valence-electron chi connectivity index (χ0n) is 16.0. The summed E-state index contributed by atoms with van der Waals surface area (Å²) in [4.78, 5) is 39.3. The molecule has 1 aromatic heterocycles. The SMILES string of the molecule is CCCC(c1ccc(NC(=O)C(C)(C)C)nc1)C(CSC(C)=O)C(=O)O. The maximum absolute atomic E-state index is 12.0. The van der Waals surface area contributed by atoms with E-state index in [0.717, 1.165) is 23.7 Å². The second kappa shape index (κ2) is 9.71. The Morgan fingerprint density at radius 3 is 2.35 bits per heavy atom. The molecule has 144 valence electrons. The van der Waals surface area contributed by atoms with Crippen molar-refractivity contribution in [3.63, 3.8) is 0 Å². The first-order valence-corrected chi connectivity index (χ1v) is 9.68. The van der Waals surface area contributed by atoms with Gasteiger partial charge in [0.15, 0.2) is 5.12 Å². The average Bonchev–Trinajstić information content (AvgIpc) is 2.53. The molecule has 26 heavy (non-hydrogen) atoms. The van der Waals surface area contributed by atoms with Gasteiger partial charge >= 0.3 is 5.97 Å². The molecule has 0 aliphatic rings. The Balaban J connectivity index is 3.00. The predicted molar refractivity (Wildman–Crippen MR) is 104 cm³/mol. The van der Waals surface area contributed by atoms with Gasteiger partial charge in [0.05, 0.1) is 5.92 Å². The number of carboxylic acid groups (broad SMARTS) is 1. The van der Waals surface area contributed by atoms with Crippen molar-refractivity contribution < 1.29 is 19.5 Å². The fourth-order valence-electron chi connectivity index (χ4n) is 2.48. The molecule has 2 unspecified atom stereocenters. The molecule has 2 atom stereocenters. The van der Waals surface area contributed by atoms with Crippen molar-refractivity contribution in [1.29, 1.82) is 0 Å². The Hall–Kier alpha value is -1.89. The Labute approximate surface area is 159 Å². The number of hydrogen-bond donors (Lipinski definition) is 2. The van der Waals surface area contributed by atoms with E-state index in [2.05, 4.69) is 10.3 Å². The van der Waals surface area contributed by atoms with Crippen LogP contribution in [0.1, 0.15) is 58.9 Å². The van der Waals surface area contributed by atoms with Crippen LogP contribution >= 0.6 is 11.8 Å². The van der Waals surface area contributed by atoms with Crippen molar-refractivity contribution in [2.75, 3.05) is 11.1 Å². The van der Waals surface area contributed by atoms with Gasteiger partial charge in [0, 0.05) is 24.3 Å². The highest BCUT2D eigenvalue weighted by Crippen LogP contribution is 2.32. The number of carbonyl (C=O) groups is 3. The standard InChI is InChI=1S/C19H28N2O4S/c1-6-7-14(15(17(23)24)11-26-12(2)22)13-8-9-16(20-10-13)21-18(25)19(3,4)5/h8-10,14-15H,6-7,11H2,1-5H3,(H,23,24)(H,20,21,25). The van der Waals surface area contributed by atoms with Crippen LogP contribution < -0.4 is 5.32 Å². The highest BCUT2D eigenvalue weighted by molar-refractivity contribution is 8.13. The number of amides is 1. The third-order valence-corrected chi connectivity index (χ3v) is 4.94. The molecular weight excluding hydrogens is 352 g/mol. The van der Waals surface area contributed by atoms with Crippen molar-refractivity contribution in [2.24, 2.45) is 11.3 Å². The molecule has 0 aliphatic carbocycles.